The summed E-state index contributed by atoms with van der Waals surface area (Å²) < 4.78 is 6.11. The maximum absolute atomic E-state index is 10.5. The molecule has 1 aromatic rings. The Hall–Kier alpha value is -0.810. The molecule has 1 aliphatic carbocycles. The van der Waals surface area contributed by atoms with Crippen molar-refractivity contribution in [3.63, 3.8) is 0 Å². The lowest BCUT2D eigenvalue weighted by atomic mass is 9.71. The number of aliphatic hydroxyl groups excluding tert-OH is 1. The molecule has 158 valence electrons. The summed E-state index contributed by atoms with van der Waals surface area (Å²) in [5.74, 6) is 0.703. The second-order valence-electron chi connectivity index (χ2n) is 9.74. The van der Waals surface area contributed by atoms with Gasteiger partial charge in [-0.15, -0.1) is 0 Å². The van der Waals surface area contributed by atoms with E-state index >= 15 is 0 Å². The molecule has 2 fully saturated rings. The summed E-state index contributed by atoms with van der Waals surface area (Å²) in [5.41, 5.74) is 2.84. The molecule has 3 atom stereocenters. The van der Waals surface area contributed by atoms with E-state index in [1.165, 1.54) is 17.7 Å². The molecule has 0 bridgehead atoms. The third kappa shape index (κ3) is 6.09. The van der Waals surface area contributed by atoms with Gasteiger partial charge >= 0.3 is 0 Å². The molecular formula is C23H37ClN2O2. The number of piperazine rings is 1. The summed E-state index contributed by atoms with van der Waals surface area (Å²) in [7, 11) is 0. The van der Waals surface area contributed by atoms with Crippen molar-refractivity contribution in [2.45, 2.75) is 59.2 Å². The minimum Gasteiger partial charge on any atom is -0.389 e. The Balaban J connectivity index is 1.41. The Bertz CT molecular complexity index is 643. The van der Waals surface area contributed by atoms with Crippen LogP contribution in [-0.4, -0.2) is 61.5 Å². The van der Waals surface area contributed by atoms with Gasteiger partial charge in [-0.05, 0) is 55.2 Å². The number of anilines is 1. The molecule has 1 aromatic carbocycles. The van der Waals surface area contributed by atoms with E-state index in [2.05, 4.69) is 49.6 Å². The first-order chi connectivity index (χ1) is 13.2. The molecule has 28 heavy (non-hydrogen) atoms. The molecule has 1 saturated heterocycles. The van der Waals surface area contributed by atoms with Gasteiger partial charge < -0.3 is 14.7 Å². The molecule has 4 nitrogen and oxygen atoms in total. The zero-order valence-electron chi connectivity index (χ0n) is 18.0. The van der Waals surface area contributed by atoms with Gasteiger partial charge in [0.25, 0.3) is 0 Å². The molecule has 3 rings (SSSR count). The van der Waals surface area contributed by atoms with E-state index in [-0.39, 0.29) is 6.10 Å². The van der Waals surface area contributed by atoms with Crippen molar-refractivity contribution < 1.29 is 9.84 Å². The smallest absolute Gasteiger partial charge is 0.0900 e. The number of hydrogen-bond donors (Lipinski definition) is 1. The van der Waals surface area contributed by atoms with Crippen molar-refractivity contribution in [1.29, 1.82) is 0 Å². The van der Waals surface area contributed by atoms with E-state index in [1.54, 1.807) is 0 Å². The minimum atomic E-state index is -0.417. The van der Waals surface area contributed by atoms with Gasteiger partial charge in [0.1, 0.15) is 0 Å². The first-order valence-corrected chi connectivity index (χ1v) is 11.1. The summed E-state index contributed by atoms with van der Waals surface area (Å²) in [6.45, 7) is 14.1. The third-order valence-corrected chi connectivity index (χ3v) is 6.46. The van der Waals surface area contributed by atoms with Crippen LogP contribution in [-0.2, 0) is 4.74 Å². The maximum Gasteiger partial charge on any atom is 0.0900 e. The first-order valence-electron chi connectivity index (χ1n) is 10.7. The number of halogens is 1. The van der Waals surface area contributed by atoms with E-state index in [0.717, 1.165) is 44.0 Å². The molecular weight excluding hydrogens is 372 g/mol. The highest BCUT2D eigenvalue weighted by molar-refractivity contribution is 6.30. The largest absolute Gasteiger partial charge is 0.389 e. The van der Waals surface area contributed by atoms with Crippen molar-refractivity contribution in [2.75, 3.05) is 44.2 Å². The highest BCUT2D eigenvalue weighted by atomic mass is 35.5. The van der Waals surface area contributed by atoms with Crippen LogP contribution in [0.5, 0.6) is 0 Å². The van der Waals surface area contributed by atoms with Crippen LogP contribution < -0.4 is 4.90 Å². The van der Waals surface area contributed by atoms with Crippen molar-refractivity contribution in [3.8, 4) is 0 Å². The highest BCUT2D eigenvalue weighted by Gasteiger charge is 2.33. The number of hydrogen-bond acceptors (Lipinski definition) is 4. The Morgan fingerprint density at radius 1 is 1.21 bits per heavy atom. The average molecular weight is 409 g/mol. The fraction of sp³-hybridized carbons (Fsp3) is 0.739. The van der Waals surface area contributed by atoms with Crippen molar-refractivity contribution >= 4 is 17.3 Å². The second kappa shape index (κ2) is 9.34. The molecule has 5 heteroatoms. The lowest BCUT2D eigenvalue weighted by Gasteiger charge is -2.39. The van der Waals surface area contributed by atoms with Crippen LogP contribution in [0.15, 0.2) is 18.2 Å². The van der Waals surface area contributed by atoms with Crippen LogP contribution in [0.2, 0.25) is 5.02 Å². The molecule has 0 unspecified atom stereocenters. The third-order valence-electron chi connectivity index (χ3n) is 6.22. The summed E-state index contributed by atoms with van der Waals surface area (Å²) in [4.78, 5) is 4.74. The van der Waals surface area contributed by atoms with Crippen LogP contribution >= 0.6 is 11.6 Å². The minimum absolute atomic E-state index is 0.288. The lowest BCUT2D eigenvalue weighted by molar-refractivity contribution is -0.0615. The van der Waals surface area contributed by atoms with Crippen LogP contribution in [0.1, 0.15) is 45.6 Å². The van der Waals surface area contributed by atoms with Gasteiger partial charge in [-0.1, -0.05) is 38.4 Å². The van der Waals surface area contributed by atoms with E-state index in [4.69, 9.17) is 16.3 Å². The van der Waals surface area contributed by atoms with Crippen molar-refractivity contribution in [1.82, 2.24) is 4.90 Å². The number of rotatable bonds is 6. The fourth-order valence-electron chi connectivity index (χ4n) is 5.08. The van der Waals surface area contributed by atoms with E-state index in [1.807, 2.05) is 6.07 Å². The maximum atomic E-state index is 10.5. The number of aliphatic hydroxyl groups is 1. The molecule has 1 saturated carbocycles. The summed E-state index contributed by atoms with van der Waals surface area (Å²) in [6.07, 6.45) is 3.36. The molecule has 1 N–H and O–H groups in total. The molecule has 0 amide bonds. The predicted molar refractivity (Wildman–Crippen MR) is 117 cm³/mol. The Labute approximate surface area is 175 Å². The van der Waals surface area contributed by atoms with Crippen molar-refractivity contribution in [2.24, 2.45) is 11.3 Å². The lowest BCUT2D eigenvalue weighted by Crippen LogP contribution is -2.49. The monoisotopic (exact) mass is 408 g/mol. The predicted octanol–water partition coefficient (Wildman–Crippen LogP) is 4.36. The standard InChI is InChI=1S/C23H37ClN2O2/c1-17-11-21(14-23(3,4)13-17)28-16-20(27)15-25-7-9-26(10-8-25)22-12-19(24)6-5-18(22)2/h5-6,12,17,20-21,27H,7-11,13-16H2,1-4H3/t17-,20-,21+/m0/s1. The van der Waals surface area contributed by atoms with E-state index in [9.17, 15) is 5.11 Å². The van der Waals surface area contributed by atoms with E-state index < -0.39 is 6.10 Å². The normalized spacial score (nSPS) is 27.0. The van der Waals surface area contributed by atoms with Crippen LogP contribution in [0.3, 0.4) is 0 Å². The zero-order chi connectivity index (χ0) is 20.3. The van der Waals surface area contributed by atoms with Gasteiger partial charge in [-0.3, -0.25) is 4.90 Å². The van der Waals surface area contributed by atoms with Gasteiger partial charge in [-0.25, -0.2) is 0 Å². The molecule has 1 aliphatic heterocycles. The topological polar surface area (TPSA) is 35.9 Å². The summed E-state index contributed by atoms with van der Waals surface area (Å²) in [6, 6.07) is 6.08. The Kier molecular flexibility index (Phi) is 7.30. The number of aryl methyl sites for hydroxylation is 1. The number of β-amino-alcohol motifs (C(OH)–C–C–N with tert-alkyl or cyclic N) is 1. The van der Waals surface area contributed by atoms with Crippen LogP contribution in [0, 0.1) is 18.3 Å². The molecule has 0 aromatic heterocycles. The highest BCUT2D eigenvalue weighted by Crippen LogP contribution is 2.39. The summed E-state index contributed by atoms with van der Waals surface area (Å²) >= 11 is 6.17. The van der Waals surface area contributed by atoms with Gasteiger partial charge in [0.05, 0.1) is 18.8 Å². The molecule has 0 radical (unpaired) electrons. The van der Waals surface area contributed by atoms with Crippen LogP contribution in [0.25, 0.3) is 0 Å². The van der Waals surface area contributed by atoms with Crippen LogP contribution in [0.4, 0.5) is 5.69 Å². The Morgan fingerprint density at radius 2 is 1.93 bits per heavy atom. The van der Waals surface area contributed by atoms with Gasteiger partial charge in [0.15, 0.2) is 0 Å². The van der Waals surface area contributed by atoms with Gasteiger partial charge in [-0.2, -0.15) is 0 Å². The number of ether oxygens (including phenoxy) is 1. The van der Waals surface area contributed by atoms with E-state index in [0.29, 0.717) is 24.5 Å². The molecule has 0 spiro atoms. The van der Waals surface area contributed by atoms with Gasteiger partial charge in [0.2, 0.25) is 0 Å². The van der Waals surface area contributed by atoms with Crippen molar-refractivity contribution in [3.05, 3.63) is 28.8 Å². The SMILES string of the molecule is Cc1ccc(Cl)cc1N1CCN(C[C@H](O)CO[C@@H]2C[C@H](C)CC(C)(C)C2)CC1. The summed E-state index contributed by atoms with van der Waals surface area (Å²) in [5, 5.41) is 11.3. The van der Waals surface area contributed by atoms with Gasteiger partial charge in [0, 0.05) is 43.4 Å². The molecule has 1 heterocycles. The average Bonchev–Trinajstić information content (AvgIpc) is 2.61. The first kappa shape index (κ1) is 21.9. The zero-order valence-corrected chi connectivity index (χ0v) is 18.7. The Morgan fingerprint density at radius 3 is 2.61 bits per heavy atom. The quantitative estimate of drug-likeness (QED) is 0.758. The fourth-order valence-corrected chi connectivity index (χ4v) is 5.24. The molecule has 2 aliphatic rings. The number of nitrogens with zero attached hydrogens (tertiary/aromatic N) is 2. The number of benzene rings is 1. The second-order valence-corrected chi connectivity index (χ2v) is 10.2.